The van der Waals surface area contributed by atoms with Crippen LogP contribution in [0.4, 0.5) is 0 Å². The Labute approximate surface area is 138 Å². The van der Waals surface area contributed by atoms with Gasteiger partial charge in [-0.3, -0.25) is 4.79 Å². The summed E-state index contributed by atoms with van der Waals surface area (Å²) in [5, 5.41) is 2.95. The molecule has 1 fully saturated rings. The summed E-state index contributed by atoms with van der Waals surface area (Å²) >= 11 is 0. The van der Waals surface area contributed by atoms with Gasteiger partial charge in [-0.25, -0.2) is 0 Å². The minimum Gasteiger partial charge on any atom is -0.496 e. The van der Waals surface area contributed by atoms with Crippen LogP contribution in [0.2, 0.25) is 0 Å². The Balaban J connectivity index is 1.87. The van der Waals surface area contributed by atoms with Crippen LogP contribution in [0.1, 0.15) is 32.3 Å². The molecule has 23 heavy (non-hydrogen) atoms. The number of methoxy groups -OCH3 is 1. The van der Waals surface area contributed by atoms with Crippen molar-refractivity contribution in [3.8, 4) is 5.75 Å². The van der Waals surface area contributed by atoms with Crippen LogP contribution in [0.15, 0.2) is 24.3 Å². The van der Waals surface area contributed by atoms with E-state index in [1.165, 1.54) is 0 Å². The summed E-state index contributed by atoms with van der Waals surface area (Å²) in [5.41, 5.74) is 0.949. The zero-order valence-corrected chi connectivity index (χ0v) is 14.2. The molecule has 2 unspecified atom stereocenters. The largest absolute Gasteiger partial charge is 0.496 e. The number of amides is 1. The number of rotatable bonds is 8. The van der Waals surface area contributed by atoms with Crippen molar-refractivity contribution in [3.05, 3.63) is 29.8 Å². The van der Waals surface area contributed by atoms with E-state index >= 15 is 0 Å². The van der Waals surface area contributed by atoms with E-state index < -0.39 is 6.10 Å². The second-order valence-corrected chi connectivity index (χ2v) is 6.16. The molecule has 0 aliphatic carbocycles. The van der Waals surface area contributed by atoms with E-state index in [4.69, 9.17) is 14.2 Å². The van der Waals surface area contributed by atoms with Crippen molar-refractivity contribution in [2.45, 2.75) is 45.4 Å². The summed E-state index contributed by atoms with van der Waals surface area (Å²) in [7, 11) is 1.63. The minimum absolute atomic E-state index is 0.0936. The summed E-state index contributed by atoms with van der Waals surface area (Å²) in [6.07, 6.45) is 1.74. The molecule has 2 atom stereocenters. The van der Waals surface area contributed by atoms with Gasteiger partial charge in [-0.1, -0.05) is 32.0 Å². The first-order valence-corrected chi connectivity index (χ1v) is 8.24. The lowest BCUT2D eigenvalue weighted by molar-refractivity contribution is -0.138. The first-order valence-electron chi connectivity index (χ1n) is 8.24. The Morgan fingerprint density at radius 3 is 2.83 bits per heavy atom. The van der Waals surface area contributed by atoms with Gasteiger partial charge in [0.05, 0.1) is 19.8 Å². The Hall–Kier alpha value is -1.59. The molecule has 1 saturated heterocycles. The molecule has 0 radical (unpaired) electrons. The van der Waals surface area contributed by atoms with Crippen LogP contribution in [-0.4, -0.2) is 38.4 Å². The van der Waals surface area contributed by atoms with Gasteiger partial charge >= 0.3 is 0 Å². The zero-order chi connectivity index (χ0) is 16.7. The summed E-state index contributed by atoms with van der Waals surface area (Å²) in [6, 6.07) is 7.66. The first kappa shape index (κ1) is 17.8. The van der Waals surface area contributed by atoms with Gasteiger partial charge in [0.2, 0.25) is 5.91 Å². The predicted molar refractivity (Wildman–Crippen MR) is 88.4 cm³/mol. The van der Waals surface area contributed by atoms with Gasteiger partial charge in [-0.05, 0) is 24.8 Å². The molecule has 0 aromatic heterocycles. The Kier molecular flexibility index (Phi) is 6.86. The van der Waals surface area contributed by atoms with Crippen molar-refractivity contribution < 1.29 is 19.0 Å². The third-order valence-electron chi connectivity index (χ3n) is 4.00. The lowest BCUT2D eigenvalue weighted by Crippen LogP contribution is -2.40. The van der Waals surface area contributed by atoms with Crippen LogP contribution < -0.4 is 10.1 Å². The second kappa shape index (κ2) is 8.89. The zero-order valence-electron chi connectivity index (χ0n) is 14.2. The molecule has 5 nitrogen and oxygen atoms in total. The highest BCUT2D eigenvalue weighted by molar-refractivity contribution is 5.81. The molecule has 1 N–H and O–H groups in total. The van der Waals surface area contributed by atoms with Crippen LogP contribution in [0, 0.1) is 5.92 Å². The molecule has 1 aromatic carbocycles. The molecule has 128 valence electrons. The SMILES string of the molecule is COc1ccccc1CNC(=O)C(OCC1CCCO1)C(C)C. The maximum Gasteiger partial charge on any atom is 0.249 e. The van der Waals surface area contributed by atoms with E-state index in [0.717, 1.165) is 30.8 Å². The number of para-hydroxylation sites is 1. The number of hydrogen-bond donors (Lipinski definition) is 1. The Morgan fingerprint density at radius 2 is 2.17 bits per heavy atom. The van der Waals surface area contributed by atoms with E-state index in [1.54, 1.807) is 7.11 Å². The molecule has 5 heteroatoms. The summed E-state index contributed by atoms with van der Waals surface area (Å²) in [4.78, 5) is 12.4. The van der Waals surface area contributed by atoms with Gasteiger partial charge in [-0.15, -0.1) is 0 Å². The molecule has 1 aliphatic heterocycles. The summed E-state index contributed by atoms with van der Waals surface area (Å²) in [5.74, 6) is 0.784. The molecule has 1 aromatic rings. The molecular weight excluding hydrogens is 294 g/mol. The molecule has 0 saturated carbocycles. The third kappa shape index (κ3) is 5.22. The molecular formula is C18H27NO4. The van der Waals surface area contributed by atoms with Gasteiger partial charge in [0.15, 0.2) is 0 Å². The lowest BCUT2D eigenvalue weighted by atomic mass is 10.1. The van der Waals surface area contributed by atoms with E-state index in [9.17, 15) is 4.79 Å². The molecule has 1 aliphatic rings. The Bertz CT molecular complexity index is 498. The van der Waals surface area contributed by atoms with Gasteiger partial charge in [0.25, 0.3) is 0 Å². The quantitative estimate of drug-likeness (QED) is 0.799. The van der Waals surface area contributed by atoms with Gasteiger partial charge in [-0.2, -0.15) is 0 Å². The monoisotopic (exact) mass is 321 g/mol. The van der Waals surface area contributed by atoms with Crippen molar-refractivity contribution >= 4 is 5.91 Å². The topological polar surface area (TPSA) is 56.8 Å². The number of carbonyl (C=O) groups excluding carboxylic acids is 1. The Morgan fingerprint density at radius 1 is 1.39 bits per heavy atom. The smallest absolute Gasteiger partial charge is 0.249 e. The fourth-order valence-corrected chi connectivity index (χ4v) is 2.69. The highest BCUT2D eigenvalue weighted by Crippen LogP contribution is 2.18. The normalized spacial score (nSPS) is 18.9. The average Bonchev–Trinajstić information content (AvgIpc) is 3.06. The number of carbonyl (C=O) groups is 1. The van der Waals surface area contributed by atoms with Crippen LogP contribution in [0.3, 0.4) is 0 Å². The summed E-state index contributed by atoms with van der Waals surface area (Å²) in [6.45, 7) is 5.67. The number of benzene rings is 1. The number of ether oxygens (including phenoxy) is 3. The van der Waals surface area contributed by atoms with Gasteiger partial charge in [0.1, 0.15) is 11.9 Å². The van der Waals surface area contributed by atoms with Crippen molar-refractivity contribution in [3.63, 3.8) is 0 Å². The molecule has 1 heterocycles. The maximum absolute atomic E-state index is 12.4. The summed E-state index contributed by atoms with van der Waals surface area (Å²) < 4.78 is 16.7. The van der Waals surface area contributed by atoms with Crippen molar-refractivity contribution in [2.75, 3.05) is 20.3 Å². The van der Waals surface area contributed by atoms with E-state index in [2.05, 4.69) is 5.32 Å². The lowest BCUT2D eigenvalue weighted by Gasteiger charge is -2.22. The minimum atomic E-state index is -0.464. The van der Waals surface area contributed by atoms with E-state index in [-0.39, 0.29) is 17.9 Å². The van der Waals surface area contributed by atoms with E-state index in [0.29, 0.717) is 13.2 Å². The van der Waals surface area contributed by atoms with Crippen LogP contribution in [0.5, 0.6) is 5.75 Å². The highest BCUT2D eigenvalue weighted by Gasteiger charge is 2.25. The predicted octanol–water partition coefficient (Wildman–Crippen LogP) is 2.53. The fourth-order valence-electron chi connectivity index (χ4n) is 2.69. The van der Waals surface area contributed by atoms with Crippen LogP contribution in [-0.2, 0) is 20.8 Å². The maximum atomic E-state index is 12.4. The first-order chi connectivity index (χ1) is 11.1. The third-order valence-corrected chi connectivity index (χ3v) is 4.00. The van der Waals surface area contributed by atoms with E-state index in [1.807, 2.05) is 38.1 Å². The van der Waals surface area contributed by atoms with Crippen molar-refractivity contribution in [1.29, 1.82) is 0 Å². The number of hydrogen-bond acceptors (Lipinski definition) is 4. The van der Waals surface area contributed by atoms with Crippen LogP contribution >= 0.6 is 0 Å². The number of nitrogens with one attached hydrogen (secondary N) is 1. The molecule has 1 amide bonds. The molecule has 2 rings (SSSR count). The molecule has 0 bridgehead atoms. The van der Waals surface area contributed by atoms with Crippen LogP contribution in [0.25, 0.3) is 0 Å². The average molecular weight is 321 g/mol. The van der Waals surface area contributed by atoms with Crippen molar-refractivity contribution in [2.24, 2.45) is 5.92 Å². The second-order valence-electron chi connectivity index (χ2n) is 6.16. The van der Waals surface area contributed by atoms with Gasteiger partial charge in [0, 0.05) is 18.7 Å². The highest BCUT2D eigenvalue weighted by atomic mass is 16.5. The van der Waals surface area contributed by atoms with Gasteiger partial charge < -0.3 is 19.5 Å². The fraction of sp³-hybridized carbons (Fsp3) is 0.611. The molecule has 0 spiro atoms. The van der Waals surface area contributed by atoms with Crippen molar-refractivity contribution in [1.82, 2.24) is 5.32 Å². The standard InChI is InChI=1S/C18H27NO4/c1-13(2)17(23-12-15-8-6-10-22-15)18(20)19-11-14-7-4-5-9-16(14)21-3/h4-5,7,9,13,15,17H,6,8,10-12H2,1-3H3,(H,19,20).